The summed E-state index contributed by atoms with van der Waals surface area (Å²) in [6, 6.07) is 7.63. The van der Waals surface area contributed by atoms with Gasteiger partial charge in [-0.05, 0) is 36.7 Å². The number of hydrazine groups is 1. The van der Waals surface area contributed by atoms with E-state index in [9.17, 15) is 13.9 Å². The van der Waals surface area contributed by atoms with Crippen molar-refractivity contribution < 1.29 is 18.7 Å². The number of thiophene rings is 1. The summed E-state index contributed by atoms with van der Waals surface area (Å²) >= 11 is 1.45. The third-order valence-corrected chi connectivity index (χ3v) is 6.70. The number of halogens is 2. The minimum Gasteiger partial charge on any atom is -0.392 e. The number of hydrogen-bond acceptors (Lipinski definition) is 10. The zero-order valence-electron chi connectivity index (χ0n) is 19.3. The van der Waals surface area contributed by atoms with Crippen LogP contribution >= 0.6 is 11.3 Å². The second-order valence-corrected chi connectivity index (χ2v) is 9.23. The lowest BCUT2D eigenvalue weighted by atomic mass is 10.1. The number of rotatable bonds is 7. The summed E-state index contributed by atoms with van der Waals surface area (Å²) in [5.41, 5.74) is 3.93. The number of likely N-dealkylation sites (N-methyl/N-ethyl adjacent to an activating group) is 1. The monoisotopic (exact) mass is 503 g/mol. The lowest BCUT2D eigenvalue weighted by Gasteiger charge is -2.38. The van der Waals surface area contributed by atoms with Gasteiger partial charge in [0.05, 0.1) is 12.3 Å². The number of aromatic nitrogens is 2. The van der Waals surface area contributed by atoms with Crippen molar-refractivity contribution in [1.82, 2.24) is 20.0 Å². The second-order valence-electron chi connectivity index (χ2n) is 8.45. The van der Waals surface area contributed by atoms with Crippen LogP contribution in [0, 0.1) is 0 Å². The maximum Gasteiger partial charge on any atom is 0.255 e. The summed E-state index contributed by atoms with van der Waals surface area (Å²) in [6.07, 6.45) is -0.942. The SMILES string of the molecule is CN1CCN(c2ccc(Nc3ncc4c(n3)N(c3ccsc3)N(CC(F)F)OC4)cc2CO)CC1. The Hall–Kier alpha value is -2.90. The average molecular weight is 504 g/mol. The Bertz CT molecular complexity index is 1140. The molecule has 0 aliphatic carbocycles. The van der Waals surface area contributed by atoms with Gasteiger partial charge < -0.3 is 20.2 Å². The molecule has 186 valence electrons. The summed E-state index contributed by atoms with van der Waals surface area (Å²) in [4.78, 5) is 19.2. The molecule has 0 unspecified atom stereocenters. The van der Waals surface area contributed by atoms with Crippen LogP contribution in [0.15, 0.2) is 41.2 Å². The van der Waals surface area contributed by atoms with Gasteiger partial charge in [0, 0.05) is 60.3 Å². The highest BCUT2D eigenvalue weighted by Crippen LogP contribution is 2.36. The van der Waals surface area contributed by atoms with Gasteiger partial charge in [0.25, 0.3) is 6.43 Å². The Labute approximate surface area is 206 Å². The molecule has 35 heavy (non-hydrogen) atoms. The van der Waals surface area contributed by atoms with Crippen LogP contribution in [0.4, 0.5) is 37.6 Å². The van der Waals surface area contributed by atoms with E-state index in [1.807, 2.05) is 35.0 Å². The summed E-state index contributed by atoms with van der Waals surface area (Å²) in [6.45, 7) is 3.17. The molecular formula is C23H27F2N7O2S. The van der Waals surface area contributed by atoms with Gasteiger partial charge in [-0.3, -0.25) is 4.84 Å². The number of alkyl halides is 2. The van der Waals surface area contributed by atoms with Gasteiger partial charge in [-0.25, -0.2) is 18.8 Å². The molecule has 5 rings (SSSR count). The van der Waals surface area contributed by atoms with Gasteiger partial charge in [0.1, 0.15) is 13.2 Å². The van der Waals surface area contributed by atoms with Crippen molar-refractivity contribution in [3.8, 4) is 0 Å². The Balaban J connectivity index is 1.41. The van der Waals surface area contributed by atoms with Crippen LogP contribution in [0.1, 0.15) is 11.1 Å². The summed E-state index contributed by atoms with van der Waals surface area (Å²) in [5.74, 6) is 0.795. The molecule has 0 amide bonds. The molecule has 0 radical (unpaired) electrons. The predicted octanol–water partition coefficient (Wildman–Crippen LogP) is 3.59. The quantitative estimate of drug-likeness (QED) is 0.503. The molecular weight excluding hydrogens is 476 g/mol. The van der Waals surface area contributed by atoms with E-state index in [-0.39, 0.29) is 13.2 Å². The van der Waals surface area contributed by atoms with E-state index in [0.29, 0.717) is 23.0 Å². The number of hydroxylamine groups is 1. The van der Waals surface area contributed by atoms with Gasteiger partial charge in [-0.2, -0.15) is 16.3 Å². The first-order valence-electron chi connectivity index (χ1n) is 11.3. The summed E-state index contributed by atoms with van der Waals surface area (Å²) in [5, 5.41) is 19.6. The number of nitrogens with zero attached hydrogens (tertiary/aromatic N) is 6. The molecule has 4 heterocycles. The van der Waals surface area contributed by atoms with E-state index in [0.717, 1.165) is 48.3 Å². The van der Waals surface area contributed by atoms with Crippen LogP contribution < -0.4 is 15.2 Å². The molecule has 2 N–H and O–H groups in total. The van der Waals surface area contributed by atoms with Crippen molar-refractivity contribution in [3.05, 3.63) is 52.3 Å². The average Bonchev–Trinajstić information content (AvgIpc) is 3.38. The van der Waals surface area contributed by atoms with Gasteiger partial charge in [0.2, 0.25) is 5.95 Å². The van der Waals surface area contributed by atoms with E-state index < -0.39 is 13.0 Å². The predicted molar refractivity (Wildman–Crippen MR) is 131 cm³/mol. The number of aliphatic hydroxyl groups excluding tert-OH is 1. The lowest BCUT2D eigenvalue weighted by molar-refractivity contribution is -0.195. The molecule has 1 fully saturated rings. The van der Waals surface area contributed by atoms with Crippen molar-refractivity contribution in [2.45, 2.75) is 19.6 Å². The largest absolute Gasteiger partial charge is 0.392 e. The fraction of sp³-hybridized carbons (Fsp3) is 0.391. The van der Waals surface area contributed by atoms with Gasteiger partial charge in [0.15, 0.2) is 5.82 Å². The Kier molecular flexibility index (Phi) is 7.07. The molecule has 1 saturated heterocycles. The molecule has 2 aromatic heterocycles. The first-order valence-corrected chi connectivity index (χ1v) is 12.3. The zero-order valence-corrected chi connectivity index (χ0v) is 20.1. The van der Waals surface area contributed by atoms with E-state index in [2.05, 4.69) is 32.1 Å². The summed E-state index contributed by atoms with van der Waals surface area (Å²) < 4.78 is 26.4. The number of aliphatic hydroxyl groups is 1. The minimum absolute atomic E-state index is 0.0892. The standard InChI is InChI=1S/C23H27F2N7O2S/c1-29-5-7-30(8-6-29)20-3-2-18(10-16(20)13-33)27-23-26-11-17-14-34-31(12-21(24)25)32(22(17)28-23)19-4-9-35-15-19/h2-4,9-11,15,21,33H,5-8,12-14H2,1H3,(H,26,27,28). The summed E-state index contributed by atoms with van der Waals surface area (Å²) in [7, 11) is 2.11. The molecule has 0 bridgehead atoms. The fourth-order valence-corrected chi connectivity index (χ4v) is 4.82. The third kappa shape index (κ3) is 5.21. The molecule has 12 heteroatoms. The van der Waals surface area contributed by atoms with Crippen LogP contribution in [-0.4, -0.2) is 71.3 Å². The maximum absolute atomic E-state index is 13.2. The highest BCUT2D eigenvalue weighted by atomic mass is 32.1. The van der Waals surface area contributed by atoms with Gasteiger partial charge in [-0.15, -0.1) is 0 Å². The number of piperazine rings is 1. The van der Waals surface area contributed by atoms with Crippen molar-refractivity contribution >= 4 is 40.2 Å². The van der Waals surface area contributed by atoms with E-state index in [1.54, 1.807) is 11.2 Å². The smallest absolute Gasteiger partial charge is 0.255 e. The van der Waals surface area contributed by atoms with Crippen molar-refractivity contribution in [2.75, 3.05) is 55.0 Å². The Morgan fingerprint density at radius 3 is 2.74 bits per heavy atom. The Morgan fingerprint density at radius 1 is 1.20 bits per heavy atom. The number of anilines is 5. The molecule has 0 spiro atoms. The zero-order chi connectivity index (χ0) is 24.4. The normalized spacial score (nSPS) is 17.2. The number of fused-ring (bicyclic) bond motifs is 1. The van der Waals surface area contributed by atoms with Crippen molar-refractivity contribution in [3.63, 3.8) is 0 Å². The minimum atomic E-state index is -2.58. The van der Waals surface area contributed by atoms with Crippen LogP contribution in [0.3, 0.4) is 0 Å². The van der Waals surface area contributed by atoms with Crippen molar-refractivity contribution in [1.29, 1.82) is 0 Å². The van der Waals surface area contributed by atoms with Crippen molar-refractivity contribution in [2.24, 2.45) is 0 Å². The molecule has 2 aliphatic heterocycles. The number of hydrogen-bond donors (Lipinski definition) is 2. The van der Waals surface area contributed by atoms with Crippen LogP contribution in [0.2, 0.25) is 0 Å². The van der Waals surface area contributed by atoms with Crippen LogP contribution in [0.25, 0.3) is 0 Å². The topological polar surface area (TPSA) is 80.2 Å². The Morgan fingerprint density at radius 2 is 2.03 bits per heavy atom. The van der Waals surface area contributed by atoms with E-state index >= 15 is 0 Å². The van der Waals surface area contributed by atoms with Gasteiger partial charge >= 0.3 is 0 Å². The van der Waals surface area contributed by atoms with E-state index in [4.69, 9.17) is 4.84 Å². The first kappa shape index (κ1) is 23.8. The van der Waals surface area contributed by atoms with E-state index in [1.165, 1.54) is 11.3 Å². The molecule has 0 saturated carbocycles. The highest BCUT2D eigenvalue weighted by molar-refractivity contribution is 7.08. The van der Waals surface area contributed by atoms with Crippen LogP contribution in [-0.2, 0) is 18.1 Å². The number of benzene rings is 1. The van der Waals surface area contributed by atoms with Gasteiger partial charge in [-0.1, -0.05) is 5.17 Å². The first-order chi connectivity index (χ1) is 17.0. The molecule has 0 atom stereocenters. The second kappa shape index (κ2) is 10.4. The maximum atomic E-state index is 13.2. The number of nitrogens with one attached hydrogen (secondary N) is 1. The van der Waals surface area contributed by atoms with Crippen LogP contribution in [0.5, 0.6) is 0 Å². The molecule has 2 aliphatic rings. The highest BCUT2D eigenvalue weighted by Gasteiger charge is 2.31. The lowest BCUT2D eigenvalue weighted by Crippen LogP contribution is -2.45. The molecule has 1 aromatic carbocycles. The third-order valence-electron chi connectivity index (χ3n) is 6.03. The molecule has 3 aromatic rings. The fourth-order valence-electron chi connectivity index (χ4n) is 4.21. The molecule has 9 nitrogen and oxygen atoms in total.